The average molecular weight is 251 g/mol. The summed E-state index contributed by atoms with van der Waals surface area (Å²) < 4.78 is 5.09. The molecule has 1 amide bonds. The van der Waals surface area contributed by atoms with Crippen LogP contribution >= 0.6 is 0 Å². The number of carbonyl (C=O) groups is 1. The van der Waals surface area contributed by atoms with Gasteiger partial charge in [-0.2, -0.15) is 0 Å². The monoisotopic (exact) mass is 251 g/mol. The topological polar surface area (TPSA) is 58.6 Å². The number of aliphatic hydroxyl groups is 1. The minimum absolute atomic E-state index is 0.137. The van der Waals surface area contributed by atoms with Crippen LogP contribution in [0.15, 0.2) is 24.3 Å². The second-order valence-corrected chi connectivity index (χ2v) is 5.31. The molecular weight excluding hydrogens is 230 g/mol. The van der Waals surface area contributed by atoms with Gasteiger partial charge in [-0.25, -0.2) is 4.79 Å². The van der Waals surface area contributed by atoms with Gasteiger partial charge in [0.2, 0.25) is 0 Å². The number of ether oxygens (including phenoxy) is 1. The van der Waals surface area contributed by atoms with E-state index in [1.165, 1.54) is 0 Å². The lowest BCUT2D eigenvalue weighted by Gasteiger charge is -2.20. The highest BCUT2D eigenvalue weighted by molar-refractivity contribution is 5.67. The summed E-state index contributed by atoms with van der Waals surface area (Å²) in [5, 5.41) is 12.5. The molecule has 1 atom stereocenters. The van der Waals surface area contributed by atoms with E-state index in [0.29, 0.717) is 0 Å². The first-order chi connectivity index (χ1) is 8.28. The summed E-state index contributed by atoms with van der Waals surface area (Å²) in [6.07, 6.45) is -1.24. The molecule has 0 spiro atoms. The second-order valence-electron chi connectivity index (χ2n) is 5.31. The van der Waals surface area contributed by atoms with Gasteiger partial charge < -0.3 is 15.2 Å². The molecule has 100 valence electrons. The van der Waals surface area contributed by atoms with Crippen molar-refractivity contribution in [2.24, 2.45) is 0 Å². The van der Waals surface area contributed by atoms with Crippen LogP contribution in [0.1, 0.15) is 38.0 Å². The van der Waals surface area contributed by atoms with Crippen LogP contribution in [0.5, 0.6) is 0 Å². The summed E-state index contributed by atoms with van der Waals surface area (Å²) in [5.74, 6) is 0. The Morgan fingerprint density at radius 3 is 2.67 bits per heavy atom. The largest absolute Gasteiger partial charge is 0.444 e. The number of hydrogen-bond acceptors (Lipinski definition) is 3. The predicted octanol–water partition coefficient (Wildman–Crippen LogP) is 2.55. The number of amides is 1. The van der Waals surface area contributed by atoms with E-state index in [2.05, 4.69) is 5.32 Å². The lowest BCUT2D eigenvalue weighted by atomic mass is 10.1. The van der Waals surface area contributed by atoms with Crippen molar-refractivity contribution >= 4 is 6.09 Å². The number of nitrogens with one attached hydrogen (secondary N) is 1. The zero-order valence-electron chi connectivity index (χ0n) is 11.4. The molecule has 0 radical (unpaired) electrons. The smallest absolute Gasteiger partial charge is 0.407 e. The highest BCUT2D eigenvalue weighted by atomic mass is 16.6. The number of aliphatic hydroxyl groups excluding tert-OH is 1. The lowest BCUT2D eigenvalue weighted by molar-refractivity contribution is 0.0492. The van der Waals surface area contributed by atoms with Crippen LogP contribution in [0, 0.1) is 6.92 Å². The van der Waals surface area contributed by atoms with Crippen molar-refractivity contribution in [3.63, 3.8) is 0 Å². The van der Waals surface area contributed by atoms with Crippen molar-refractivity contribution in [2.45, 2.75) is 39.4 Å². The van der Waals surface area contributed by atoms with E-state index in [1.807, 2.05) is 31.2 Å². The van der Waals surface area contributed by atoms with Crippen LogP contribution in [0.25, 0.3) is 0 Å². The summed E-state index contributed by atoms with van der Waals surface area (Å²) in [6, 6.07) is 7.55. The summed E-state index contributed by atoms with van der Waals surface area (Å²) in [6.45, 7) is 7.48. The van der Waals surface area contributed by atoms with Crippen LogP contribution < -0.4 is 5.32 Å². The van der Waals surface area contributed by atoms with Crippen molar-refractivity contribution in [3.8, 4) is 0 Å². The van der Waals surface area contributed by atoms with E-state index in [0.717, 1.165) is 11.1 Å². The van der Waals surface area contributed by atoms with Crippen LogP contribution in [0.3, 0.4) is 0 Å². The first-order valence-electron chi connectivity index (χ1n) is 5.99. The molecule has 0 aliphatic carbocycles. The Kier molecular flexibility index (Phi) is 4.73. The van der Waals surface area contributed by atoms with E-state index in [9.17, 15) is 9.90 Å². The van der Waals surface area contributed by atoms with E-state index >= 15 is 0 Å². The second kappa shape index (κ2) is 5.87. The van der Waals surface area contributed by atoms with Gasteiger partial charge in [0, 0.05) is 0 Å². The maximum Gasteiger partial charge on any atom is 0.407 e. The van der Waals surface area contributed by atoms with Gasteiger partial charge in [0.25, 0.3) is 0 Å². The van der Waals surface area contributed by atoms with Crippen molar-refractivity contribution in [1.82, 2.24) is 5.32 Å². The molecule has 1 rings (SSSR count). The third kappa shape index (κ3) is 5.19. The van der Waals surface area contributed by atoms with E-state index in [-0.39, 0.29) is 6.54 Å². The molecule has 0 aromatic heterocycles. The van der Waals surface area contributed by atoms with E-state index in [4.69, 9.17) is 4.74 Å². The van der Waals surface area contributed by atoms with Crippen LogP contribution in [-0.4, -0.2) is 23.3 Å². The summed E-state index contributed by atoms with van der Waals surface area (Å²) in [7, 11) is 0. The molecule has 0 unspecified atom stereocenters. The fourth-order valence-corrected chi connectivity index (χ4v) is 1.49. The highest BCUT2D eigenvalue weighted by Crippen LogP contribution is 2.13. The van der Waals surface area contributed by atoms with Crippen LogP contribution in [0.4, 0.5) is 4.79 Å². The third-order valence-electron chi connectivity index (χ3n) is 2.27. The minimum Gasteiger partial charge on any atom is -0.444 e. The van der Waals surface area contributed by atoms with Gasteiger partial charge in [0.1, 0.15) is 5.60 Å². The first kappa shape index (κ1) is 14.5. The van der Waals surface area contributed by atoms with Gasteiger partial charge in [-0.05, 0) is 33.3 Å². The van der Waals surface area contributed by atoms with Gasteiger partial charge >= 0.3 is 6.09 Å². The summed E-state index contributed by atoms with van der Waals surface area (Å²) >= 11 is 0. The quantitative estimate of drug-likeness (QED) is 0.868. The molecular formula is C14H21NO3. The van der Waals surface area contributed by atoms with Crippen LogP contribution in [-0.2, 0) is 4.74 Å². The van der Waals surface area contributed by atoms with Crippen molar-refractivity contribution in [2.75, 3.05) is 6.54 Å². The molecule has 1 aromatic carbocycles. The maximum atomic E-state index is 11.4. The molecule has 0 aliphatic rings. The highest BCUT2D eigenvalue weighted by Gasteiger charge is 2.17. The zero-order valence-corrected chi connectivity index (χ0v) is 11.4. The SMILES string of the molecule is Cc1cccc([C@@H](O)CNC(=O)OC(C)(C)C)c1. The number of alkyl carbamates (subject to hydrolysis) is 1. The Hall–Kier alpha value is -1.55. The minimum atomic E-state index is -0.725. The number of hydrogen-bond donors (Lipinski definition) is 2. The zero-order chi connectivity index (χ0) is 13.8. The van der Waals surface area contributed by atoms with Crippen molar-refractivity contribution in [3.05, 3.63) is 35.4 Å². The summed E-state index contributed by atoms with van der Waals surface area (Å²) in [5.41, 5.74) is 1.33. The molecule has 4 heteroatoms. The molecule has 0 heterocycles. The van der Waals surface area contributed by atoms with Gasteiger partial charge in [0.05, 0.1) is 12.6 Å². The Labute approximate surface area is 108 Å². The Balaban J connectivity index is 2.46. The average Bonchev–Trinajstić information content (AvgIpc) is 2.23. The lowest BCUT2D eigenvalue weighted by Crippen LogP contribution is -2.34. The number of rotatable bonds is 3. The fraction of sp³-hybridized carbons (Fsp3) is 0.500. The van der Waals surface area contributed by atoms with Crippen molar-refractivity contribution in [1.29, 1.82) is 0 Å². The Bertz CT molecular complexity index is 410. The number of carbonyl (C=O) groups excluding carboxylic acids is 1. The van der Waals surface area contributed by atoms with Gasteiger partial charge in [-0.1, -0.05) is 29.8 Å². The summed E-state index contributed by atoms with van der Waals surface area (Å²) in [4.78, 5) is 11.4. The fourth-order valence-electron chi connectivity index (χ4n) is 1.49. The predicted molar refractivity (Wildman–Crippen MR) is 70.4 cm³/mol. The molecule has 0 saturated carbocycles. The third-order valence-corrected chi connectivity index (χ3v) is 2.27. The van der Waals surface area contributed by atoms with Gasteiger partial charge in [-0.15, -0.1) is 0 Å². The van der Waals surface area contributed by atoms with Crippen molar-refractivity contribution < 1.29 is 14.6 Å². The van der Waals surface area contributed by atoms with Gasteiger partial charge in [0.15, 0.2) is 0 Å². The van der Waals surface area contributed by atoms with E-state index < -0.39 is 17.8 Å². The number of benzene rings is 1. The molecule has 0 aliphatic heterocycles. The molecule has 1 aromatic rings. The molecule has 2 N–H and O–H groups in total. The molecule has 0 saturated heterocycles. The van der Waals surface area contributed by atoms with Crippen LogP contribution in [0.2, 0.25) is 0 Å². The number of aryl methyl sites for hydroxylation is 1. The first-order valence-corrected chi connectivity index (χ1v) is 5.99. The molecule has 0 fully saturated rings. The normalized spacial score (nSPS) is 12.9. The standard InChI is InChI=1S/C14H21NO3/c1-10-6-5-7-11(8-10)12(16)9-15-13(17)18-14(2,3)4/h5-8,12,16H,9H2,1-4H3,(H,15,17)/t12-/m0/s1. The van der Waals surface area contributed by atoms with E-state index in [1.54, 1.807) is 20.8 Å². The Morgan fingerprint density at radius 2 is 2.11 bits per heavy atom. The maximum absolute atomic E-state index is 11.4. The Morgan fingerprint density at radius 1 is 1.44 bits per heavy atom. The molecule has 18 heavy (non-hydrogen) atoms. The molecule has 4 nitrogen and oxygen atoms in total. The molecule has 0 bridgehead atoms. The van der Waals surface area contributed by atoms with Gasteiger partial charge in [-0.3, -0.25) is 0 Å².